The highest BCUT2D eigenvalue weighted by molar-refractivity contribution is 5.07. The first-order chi connectivity index (χ1) is 8.25. The van der Waals surface area contributed by atoms with E-state index in [2.05, 4.69) is 23.0 Å². The minimum absolute atomic E-state index is 0.0971. The van der Waals surface area contributed by atoms with Crippen LogP contribution in [-0.2, 0) is 6.54 Å². The van der Waals surface area contributed by atoms with Gasteiger partial charge < -0.3 is 10.0 Å². The van der Waals surface area contributed by atoms with Crippen LogP contribution in [0.25, 0.3) is 0 Å². The Morgan fingerprint density at radius 1 is 1.41 bits per heavy atom. The fraction of sp³-hybridized carbons (Fsp3) is 0.643. The van der Waals surface area contributed by atoms with E-state index >= 15 is 0 Å². The Bertz CT molecular complexity index is 328. The predicted molar refractivity (Wildman–Crippen MR) is 68.5 cm³/mol. The van der Waals surface area contributed by atoms with E-state index in [1.165, 1.54) is 24.8 Å². The molecule has 2 rings (SSSR count). The molecule has 1 fully saturated rings. The molecular formula is C14H22N2O. The second-order valence-electron chi connectivity index (χ2n) is 5.17. The van der Waals surface area contributed by atoms with Crippen LogP contribution in [-0.4, -0.2) is 34.7 Å². The first-order valence-electron chi connectivity index (χ1n) is 6.51. The molecular weight excluding hydrogens is 212 g/mol. The van der Waals surface area contributed by atoms with E-state index in [0.717, 1.165) is 19.5 Å². The SMILES string of the molecule is CN(Cc1cccnc1)CC1CCCCC1O. The van der Waals surface area contributed by atoms with E-state index in [4.69, 9.17) is 0 Å². The molecule has 0 aliphatic heterocycles. The van der Waals surface area contributed by atoms with Gasteiger partial charge in [0.2, 0.25) is 0 Å². The summed E-state index contributed by atoms with van der Waals surface area (Å²) >= 11 is 0. The molecule has 0 amide bonds. The van der Waals surface area contributed by atoms with E-state index in [9.17, 15) is 5.11 Å². The maximum atomic E-state index is 9.94. The third kappa shape index (κ3) is 3.79. The van der Waals surface area contributed by atoms with Crippen molar-refractivity contribution in [3.63, 3.8) is 0 Å². The van der Waals surface area contributed by atoms with Crippen LogP contribution >= 0.6 is 0 Å². The number of aliphatic hydroxyl groups excluding tert-OH is 1. The maximum Gasteiger partial charge on any atom is 0.0580 e. The second kappa shape index (κ2) is 6.12. The first kappa shape index (κ1) is 12.5. The highest BCUT2D eigenvalue weighted by Gasteiger charge is 2.23. The van der Waals surface area contributed by atoms with Gasteiger partial charge >= 0.3 is 0 Å². The van der Waals surface area contributed by atoms with E-state index in [1.54, 1.807) is 6.20 Å². The van der Waals surface area contributed by atoms with Crippen LogP contribution in [0.5, 0.6) is 0 Å². The Morgan fingerprint density at radius 3 is 2.94 bits per heavy atom. The predicted octanol–water partition coefficient (Wildman–Crippen LogP) is 2.06. The number of hydrogen-bond acceptors (Lipinski definition) is 3. The average Bonchev–Trinajstić information content (AvgIpc) is 2.33. The highest BCUT2D eigenvalue weighted by atomic mass is 16.3. The van der Waals surface area contributed by atoms with E-state index in [0.29, 0.717) is 5.92 Å². The molecule has 2 unspecified atom stereocenters. The number of pyridine rings is 1. The Kier molecular flexibility index (Phi) is 4.51. The first-order valence-corrected chi connectivity index (χ1v) is 6.51. The monoisotopic (exact) mass is 234 g/mol. The van der Waals surface area contributed by atoms with Crippen LogP contribution in [0.15, 0.2) is 24.5 Å². The smallest absolute Gasteiger partial charge is 0.0580 e. The summed E-state index contributed by atoms with van der Waals surface area (Å²) in [5, 5.41) is 9.94. The molecule has 1 aromatic rings. The highest BCUT2D eigenvalue weighted by Crippen LogP contribution is 2.25. The van der Waals surface area contributed by atoms with Gasteiger partial charge in [-0.3, -0.25) is 4.98 Å². The topological polar surface area (TPSA) is 36.4 Å². The van der Waals surface area contributed by atoms with Crippen molar-refractivity contribution >= 4 is 0 Å². The Labute approximate surface area is 103 Å². The molecule has 3 heteroatoms. The van der Waals surface area contributed by atoms with Crippen molar-refractivity contribution in [2.45, 2.75) is 38.3 Å². The van der Waals surface area contributed by atoms with Gasteiger partial charge in [-0.05, 0) is 37.4 Å². The number of aromatic nitrogens is 1. The van der Waals surface area contributed by atoms with Crippen LogP contribution < -0.4 is 0 Å². The summed E-state index contributed by atoms with van der Waals surface area (Å²) in [6.45, 7) is 1.90. The van der Waals surface area contributed by atoms with Crippen molar-refractivity contribution < 1.29 is 5.11 Å². The molecule has 0 aromatic carbocycles. The quantitative estimate of drug-likeness (QED) is 0.866. The summed E-state index contributed by atoms with van der Waals surface area (Å²) in [5.74, 6) is 0.449. The molecule has 1 saturated carbocycles. The van der Waals surface area contributed by atoms with Gasteiger partial charge in [0.05, 0.1) is 6.10 Å². The van der Waals surface area contributed by atoms with Gasteiger partial charge in [-0.25, -0.2) is 0 Å². The number of rotatable bonds is 4. The van der Waals surface area contributed by atoms with Gasteiger partial charge in [0.25, 0.3) is 0 Å². The molecule has 17 heavy (non-hydrogen) atoms. The van der Waals surface area contributed by atoms with Crippen LogP contribution in [0.4, 0.5) is 0 Å². The summed E-state index contributed by atoms with van der Waals surface area (Å²) in [6.07, 6.45) is 8.21. The molecule has 1 aliphatic rings. The summed E-state index contributed by atoms with van der Waals surface area (Å²) in [6, 6.07) is 4.07. The van der Waals surface area contributed by atoms with Gasteiger partial charge in [-0.15, -0.1) is 0 Å². The van der Waals surface area contributed by atoms with Gasteiger partial charge in [-0.2, -0.15) is 0 Å². The van der Waals surface area contributed by atoms with Gasteiger partial charge in [0.15, 0.2) is 0 Å². The molecule has 0 radical (unpaired) electrons. The zero-order valence-corrected chi connectivity index (χ0v) is 10.5. The number of hydrogen-bond donors (Lipinski definition) is 1. The maximum absolute atomic E-state index is 9.94. The minimum atomic E-state index is -0.0971. The second-order valence-corrected chi connectivity index (χ2v) is 5.17. The molecule has 1 aliphatic carbocycles. The zero-order valence-electron chi connectivity index (χ0n) is 10.5. The van der Waals surface area contributed by atoms with Crippen molar-refractivity contribution in [2.75, 3.05) is 13.6 Å². The lowest BCUT2D eigenvalue weighted by atomic mass is 9.86. The largest absolute Gasteiger partial charge is 0.393 e. The Hall–Kier alpha value is -0.930. The lowest BCUT2D eigenvalue weighted by molar-refractivity contribution is 0.0501. The van der Waals surface area contributed by atoms with Crippen LogP contribution in [0, 0.1) is 5.92 Å². The lowest BCUT2D eigenvalue weighted by Crippen LogP contribution is -2.34. The number of aliphatic hydroxyl groups is 1. The van der Waals surface area contributed by atoms with Gasteiger partial charge in [0.1, 0.15) is 0 Å². The summed E-state index contributed by atoms with van der Waals surface area (Å²) in [5.41, 5.74) is 1.24. The fourth-order valence-corrected chi connectivity index (χ4v) is 2.67. The van der Waals surface area contributed by atoms with Crippen molar-refractivity contribution in [3.8, 4) is 0 Å². The van der Waals surface area contributed by atoms with Gasteiger partial charge in [0, 0.05) is 25.5 Å². The molecule has 1 N–H and O–H groups in total. The Balaban J connectivity index is 1.82. The zero-order chi connectivity index (χ0) is 12.1. The minimum Gasteiger partial charge on any atom is -0.393 e. The molecule has 0 spiro atoms. The lowest BCUT2D eigenvalue weighted by Gasteiger charge is -2.31. The van der Waals surface area contributed by atoms with E-state index in [1.807, 2.05) is 12.3 Å². The Morgan fingerprint density at radius 2 is 2.24 bits per heavy atom. The van der Waals surface area contributed by atoms with Crippen molar-refractivity contribution in [3.05, 3.63) is 30.1 Å². The van der Waals surface area contributed by atoms with Gasteiger partial charge in [-0.1, -0.05) is 18.9 Å². The van der Waals surface area contributed by atoms with E-state index < -0.39 is 0 Å². The van der Waals surface area contributed by atoms with Crippen LogP contribution in [0.2, 0.25) is 0 Å². The molecule has 0 bridgehead atoms. The molecule has 94 valence electrons. The third-order valence-electron chi connectivity index (χ3n) is 3.59. The standard InChI is InChI=1S/C14H22N2O/c1-16(10-12-5-4-8-15-9-12)11-13-6-2-3-7-14(13)17/h4-5,8-9,13-14,17H,2-3,6-7,10-11H2,1H3. The molecule has 3 nitrogen and oxygen atoms in total. The van der Waals surface area contributed by atoms with Crippen molar-refractivity contribution in [1.82, 2.24) is 9.88 Å². The molecule has 2 atom stereocenters. The van der Waals surface area contributed by atoms with Crippen LogP contribution in [0.1, 0.15) is 31.2 Å². The summed E-state index contributed by atoms with van der Waals surface area (Å²) < 4.78 is 0. The number of nitrogens with zero attached hydrogens (tertiary/aromatic N) is 2. The van der Waals surface area contributed by atoms with Crippen molar-refractivity contribution in [2.24, 2.45) is 5.92 Å². The normalized spacial score (nSPS) is 25.1. The third-order valence-corrected chi connectivity index (χ3v) is 3.59. The summed E-state index contributed by atoms with van der Waals surface area (Å²) in [4.78, 5) is 6.41. The fourth-order valence-electron chi connectivity index (χ4n) is 2.67. The van der Waals surface area contributed by atoms with Crippen molar-refractivity contribution in [1.29, 1.82) is 0 Å². The summed E-state index contributed by atoms with van der Waals surface area (Å²) in [7, 11) is 2.12. The molecule has 1 heterocycles. The average molecular weight is 234 g/mol. The van der Waals surface area contributed by atoms with E-state index in [-0.39, 0.29) is 6.10 Å². The molecule has 0 saturated heterocycles. The molecule has 1 aromatic heterocycles. The van der Waals surface area contributed by atoms with Crippen LogP contribution in [0.3, 0.4) is 0 Å².